The molecule has 31 heavy (non-hydrogen) atoms. The van der Waals surface area contributed by atoms with Gasteiger partial charge in [0, 0.05) is 10.2 Å². The van der Waals surface area contributed by atoms with E-state index in [0.29, 0.717) is 16.3 Å². The predicted molar refractivity (Wildman–Crippen MR) is 122 cm³/mol. The van der Waals surface area contributed by atoms with Crippen LogP contribution in [0.25, 0.3) is 11.0 Å². The van der Waals surface area contributed by atoms with Crippen molar-refractivity contribution in [1.29, 1.82) is 0 Å². The van der Waals surface area contributed by atoms with Gasteiger partial charge in [-0.2, -0.15) is 0 Å². The predicted octanol–water partition coefficient (Wildman–Crippen LogP) is 6.75. The number of carbonyl (C=O) groups excluding carboxylic acids is 1. The number of rotatable bonds is 2. The summed E-state index contributed by atoms with van der Waals surface area (Å²) < 4.78 is 20.5. The van der Waals surface area contributed by atoms with Gasteiger partial charge >= 0.3 is 0 Å². The maximum absolute atomic E-state index is 13.8. The molecule has 0 radical (unpaired) electrons. The van der Waals surface area contributed by atoms with Gasteiger partial charge in [-0.05, 0) is 60.2 Å². The van der Waals surface area contributed by atoms with Crippen molar-refractivity contribution >= 4 is 61.7 Å². The zero-order valence-corrected chi connectivity index (χ0v) is 18.6. The van der Waals surface area contributed by atoms with Crippen molar-refractivity contribution in [2.24, 2.45) is 0 Å². The standard InChI is InChI=1S/C23H11BrCl2FNO3/c24-12-2-5-14(6-3-12)28-20(11-1-7-16(25)17(26)9-11)19-21(29)15-10-13(27)4-8-18(15)31-22(19)23(28)30/h1-10,20H. The highest BCUT2D eigenvalue weighted by atomic mass is 79.9. The zero-order valence-electron chi connectivity index (χ0n) is 15.5. The first kappa shape index (κ1) is 20.2. The minimum absolute atomic E-state index is 0.0641. The normalized spacial score (nSPS) is 15.5. The van der Waals surface area contributed by atoms with Gasteiger partial charge in [0.15, 0.2) is 5.43 Å². The number of amides is 1. The van der Waals surface area contributed by atoms with Crippen LogP contribution in [0.1, 0.15) is 27.7 Å². The Morgan fingerprint density at radius 3 is 2.39 bits per heavy atom. The number of halogens is 4. The molecule has 0 aliphatic carbocycles. The summed E-state index contributed by atoms with van der Waals surface area (Å²) >= 11 is 15.7. The molecule has 1 aliphatic heterocycles. The fourth-order valence-electron chi connectivity index (χ4n) is 3.81. The van der Waals surface area contributed by atoms with Crippen LogP contribution < -0.4 is 10.3 Å². The van der Waals surface area contributed by atoms with Gasteiger partial charge in [0.1, 0.15) is 11.4 Å². The van der Waals surface area contributed by atoms with Gasteiger partial charge < -0.3 is 4.42 Å². The van der Waals surface area contributed by atoms with Crippen molar-refractivity contribution in [3.8, 4) is 0 Å². The second kappa shape index (κ2) is 7.48. The van der Waals surface area contributed by atoms with E-state index in [1.165, 1.54) is 17.0 Å². The third-order valence-corrected chi connectivity index (χ3v) is 6.46. The molecule has 0 N–H and O–H groups in total. The Labute approximate surface area is 193 Å². The molecule has 2 heterocycles. The Morgan fingerprint density at radius 1 is 0.935 bits per heavy atom. The van der Waals surface area contributed by atoms with E-state index in [9.17, 15) is 14.0 Å². The molecule has 0 fully saturated rings. The summed E-state index contributed by atoms with van der Waals surface area (Å²) in [4.78, 5) is 28.3. The van der Waals surface area contributed by atoms with E-state index in [4.69, 9.17) is 27.6 Å². The molecule has 3 aromatic carbocycles. The summed E-state index contributed by atoms with van der Waals surface area (Å²) in [5, 5.41) is 0.694. The van der Waals surface area contributed by atoms with E-state index in [2.05, 4.69) is 15.9 Å². The number of carbonyl (C=O) groups is 1. The van der Waals surface area contributed by atoms with E-state index in [1.807, 2.05) is 0 Å². The average molecular weight is 519 g/mol. The molecule has 5 rings (SSSR count). The third kappa shape index (κ3) is 3.26. The van der Waals surface area contributed by atoms with Crippen LogP contribution in [0.3, 0.4) is 0 Å². The first-order valence-electron chi connectivity index (χ1n) is 9.15. The van der Waals surface area contributed by atoms with Crippen molar-refractivity contribution < 1.29 is 13.6 Å². The SMILES string of the molecule is O=C1c2oc3ccc(F)cc3c(=O)c2C(c2ccc(Cl)c(Cl)c2)N1c1ccc(Br)cc1. The van der Waals surface area contributed by atoms with Crippen LogP contribution in [0.5, 0.6) is 0 Å². The van der Waals surface area contributed by atoms with Gasteiger partial charge in [-0.1, -0.05) is 45.2 Å². The summed E-state index contributed by atoms with van der Waals surface area (Å²) in [5.74, 6) is -1.13. The second-order valence-corrected chi connectivity index (χ2v) is 8.77. The minimum atomic E-state index is -0.817. The average Bonchev–Trinajstić information content (AvgIpc) is 3.04. The Balaban J connectivity index is 1.83. The maximum atomic E-state index is 13.8. The molecule has 1 aromatic heterocycles. The molecule has 4 aromatic rings. The van der Waals surface area contributed by atoms with Crippen molar-refractivity contribution in [1.82, 2.24) is 0 Å². The van der Waals surface area contributed by atoms with E-state index < -0.39 is 23.2 Å². The second-order valence-electron chi connectivity index (χ2n) is 7.04. The lowest BCUT2D eigenvalue weighted by Crippen LogP contribution is -2.29. The lowest BCUT2D eigenvalue weighted by Gasteiger charge is -2.25. The van der Waals surface area contributed by atoms with Crippen molar-refractivity contribution in [3.05, 3.63) is 108 Å². The fraction of sp³-hybridized carbons (Fsp3) is 0.0435. The molecule has 0 spiro atoms. The van der Waals surface area contributed by atoms with E-state index in [1.54, 1.807) is 42.5 Å². The maximum Gasteiger partial charge on any atom is 0.295 e. The molecule has 8 heteroatoms. The number of hydrogen-bond acceptors (Lipinski definition) is 3. The summed E-state index contributed by atoms with van der Waals surface area (Å²) in [7, 11) is 0. The molecule has 1 aliphatic rings. The largest absolute Gasteiger partial charge is 0.450 e. The van der Waals surface area contributed by atoms with E-state index >= 15 is 0 Å². The van der Waals surface area contributed by atoms with Gasteiger partial charge in [-0.3, -0.25) is 14.5 Å². The van der Waals surface area contributed by atoms with Crippen LogP contribution in [0.15, 0.2) is 74.3 Å². The van der Waals surface area contributed by atoms with Gasteiger partial charge in [0.25, 0.3) is 5.91 Å². The van der Waals surface area contributed by atoms with Crippen molar-refractivity contribution in [2.75, 3.05) is 4.90 Å². The van der Waals surface area contributed by atoms with Crippen LogP contribution in [0.4, 0.5) is 10.1 Å². The summed E-state index contributed by atoms with van der Waals surface area (Å²) in [6, 6.07) is 14.8. The Kier molecular flexibility index (Phi) is 4.88. The highest BCUT2D eigenvalue weighted by Gasteiger charge is 2.43. The summed E-state index contributed by atoms with van der Waals surface area (Å²) in [5.41, 5.74) is 0.936. The number of anilines is 1. The highest BCUT2D eigenvalue weighted by Crippen LogP contribution is 2.42. The molecule has 4 nitrogen and oxygen atoms in total. The molecular formula is C23H11BrCl2FNO3. The molecule has 1 atom stereocenters. The molecular weight excluding hydrogens is 508 g/mol. The quantitative estimate of drug-likeness (QED) is 0.295. The Morgan fingerprint density at radius 2 is 1.68 bits per heavy atom. The molecule has 1 amide bonds. The monoisotopic (exact) mass is 517 g/mol. The van der Waals surface area contributed by atoms with Gasteiger partial charge in [0.05, 0.1) is 27.0 Å². The number of benzene rings is 3. The van der Waals surface area contributed by atoms with E-state index in [-0.39, 0.29) is 27.3 Å². The fourth-order valence-corrected chi connectivity index (χ4v) is 4.38. The van der Waals surface area contributed by atoms with E-state index in [0.717, 1.165) is 10.5 Å². The summed E-state index contributed by atoms with van der Waals surface area (Å²) in [6.45, 7) is 0. The molecule has 0 bridgehead atoms. The molecule has 0 saturated carbocycles. The van der Waals surface area contributed by atoms with Crippen molar-refractivity contribution in [2.45, 2.75) is 6.04 Å². The van der Waals surface area contributed by atoms with Gasteiger partial charge in [-0.25, -0.2) is 4.39 Å². The van der Waals surface area contributed by atoms with Crippen LogP contribution in [0.2, 0.25) is 10.0 Å². The number of hydrogen-bond donors (Lipinski definition) is 0. The minimum Gasteiger partial charge on any atom is -0.450 e. The van der Waals surface area contributed by atoms with Crippen LogP contribution in [0, 0.1) is 5.82 Å². The number of nitrogens with zero attached hydrogens (tertiary/aromatic N) is 1. The molecule has 154 valence electrons. The van der Waals surface area contributed by atoms with Crippen LogP contribution >= 0.6 is 39.1 Å². The van der Waals surface area contributed by atoms with Crippen molar-refractivity contribution in [3.63, 3.8) is 0 Å². The number of fused-ring (bicyclic) bond motifs is 2. The smallest absolute Gasteiger partial charge is 0.295 e. The first-order valence-corrected chi connectivity index (χ1v) is 10.7. The lowest BCUT2D eigenvalue weighted by atomic mass is 9.98. The lowest BCUT2D eigenvalue weighted by molar-refractivity contribution is 0.0971. The summed E-state index contributed by atoms with van der Waals surface area (Å²) in [6.07, 6.45) is 0. The first-order chi connectivity index (χ1) is 14.8. The van der Waals surface area contributed by atoms with Gasteiger partial charge in [0.2, 0.25) is 5.76 Å². The Bertz CT molecular complexity index is 1440. The Hall–Kier alpha value is -2.67. The molecule has 1 unspecified atom stereocenters. The zero-order chi connectivity index (χ0) is 21.9. The topological polar surface area (TPSA) is 50.5 Å². The van der Waals surface area contributed by atoms with Crippen LogP contribution in [-0.4, -0.2) is 5.91 Å². The highest BCUT2D eigenvalue weighted by molar-refractivity contribution is 9.10. The van der Waals surface area contributed by atoms with Crippen LogP contribution in [-0.2, 0) is 0 Å². The third-order valence-electron chi connectivity index (χ3n) is 5.20. The van der Waals surface area contributed by atoms with Gasteiger partial charge in [-0.15, -0.1) is 0 Å². The molecule has 0 saturated heterocycles.